The zero-order valence-corrected chi connectivity index (χ0v) is 15.8. The number of likely N-dealkylation sites (tertiary alicyclic amines) is 1. The third kappa shape index (κ3) is 6.16. The Labute approximate surface area is 151 Å². The van der Waals surface area contributed by atoms with Crippen LogP contribution in [-0.4, -0.2) is 54.8 Å². The van der Waals surface area contributed by atoms with E-state index < -0.39 is 0 Å². The van der Waals surface area contributed by atoms with E-state index in [1.165, 1.54) is 24.2 Å². The van der Waals surface area contributed by atoms with Crippen LogP contribution in [0.2, 0.25) is 0 Å². The number of benzene rings is 1. The summed E-state index contributed by atoms with van der Waals surface area (Å²) in [6, 6.07) is 5.91. The predicted octanol–water partition coefficient (Wildman–Crippen LogP) is 2.97. The molecule has 1 heterocycles. The van der Waals surface area contributed by atoms with Crippen molar-refractivity contribution in [2.75, 3.05) is 38.5 Å². The van der Waals surface area contributed by atoms with E-state index in [1.54, 1.807) is 7.05 Å². The summed E-state index contributed by atoms with van der Waals surface area (Å²) in [6.07, 6.45) is 6.12. The van der Waals surface area contributed by atoms with Gasteiger partial charge in [-0.2, -0.15) is 0 Å². The molecule has 25 heavy (non-hydrogen) atoms. The van der Waals surface area contributed by atoms with E-state index >= 15 is 0 Å². The summed E-state index contributed by atoms with van der Waals surface area (Å²) in [4.78, 5) is 28.5. The lowest BCUT2D eigenvalue weighted by atomic mass is 10.1. The van der Waals surface area contributed by atoms with Crippen LogP contribution >= 0.6 is 0 Å². The van der Waals surface area contributed by atoms with Crippen LogP contribution < -0.4 is 5.32 Å². The van der Waals surface area contributed by atoms with Gasteiger partial charge in [0.2, 0.25) is 11.8 Å². The number of nitrogens with zero attached hydrogens (tertiary/aromatic N) is 2. The number of carbonyl (C=O) groups excluding carboxylic acids is 2. The molecule has 0 aliphatic carbocycles. The van der Waals surface area contributed by atoms with Crippen molar-refractivity contribution in [3.63, 3.8) is 0 Å². The van der Waals surface area contributed by atoms with E-state index in [-0.39, 0.29) is 18.4 Å². The monoisotopic (exact) mass is 345 g/mol. The number of aryl methyl sites for hydroxylation is 2. The zero-order chi connectivity index (χ0) is 18.2. The number of hydrogen-bond donors (Lipinski definition) is 1. The van der Waals surface area contributed by atoms with E-state index in [4.69, 9.17) is 0 Å². The molecule has 1 aliphatic heterocycles. The largest absolute Gasteiger partial charge is 0.335 e. The lowest BCUT2D eigenvalue weighted by Crippen LogP contribution is -2.42. The fraction of sp³-hybridized carbons (Fsp3) is 0.600. The molecule has 0 atom stereocenters. The molecule has 5 nitrogen and oxygen atoms in total. The predicted molar refractivity (Wildman–Crippen MR) is 102 cm³/mol. The molecule has 0 saturated carbocycles. The molecule has 1 saturated heterocycles. The molecule has 1 fully saturated rings. The van der Waals surface area contributed by atoms with Gasteiger partial charge in [0.05, 0.1) is 13.1 Å². The maximum Gasteiger partial charge on any atom is 0.243 e. The first-order valence-corrected chi connectivity index (χ1v) is 9.30. The molecule has 0 aromatic heterocycles. The smallest absolute Gasteiger partial charge is 0.243 e. The van der Waals surface area contributed by atoms with Gasteiger partial charge in [-0.15, -0.1) is 0 Å². The van der Waals surface area contributed by atoms with E-state index in [1.807, 2.05) is 32.0 Å². The van der Waals surface area contributed by atoms with E-state index in [9.17, 15) is 9.59 Å². The van der Waals surface area contributed by atoms with Crippen LogP contribution in [0.25, 0.3) is 0 Å². The molecule has 1 aromatic carbocycles. The summed E-state index contributed by atoms with van der Waals surface area (Å²) in [5.41, 5.74) is 2.91. The molecule has 2 amide bonds. The minimum absolute atomic E-state index is 0.0113. The van der Waals surface area contributed by atoms with Crippen LogP contribution in [0, 0.1) is 13.8 Å². The molecule has 0 bridgehead atoms. The van der Waals surface area contributed by atoms with Crippen molar-refractivity contribution in [2.45, 2.75) is 46.0 Å². The number of nitrogens with one attached hydrogen (secondary N) is 1. The number of anilines is 1. The first kappa shape index (κ1) is 19.4. The normalized spacial score (nSPS) is 16.0. The molecule has 2 rings (SSSR count). The Morgan fingerprint density at radius 3 is 2.20 bits per heavy atom. The van der Waals surface area contributed by atoms with Crippen molar-refractivity contribution in [3.05, 3.63) is 29.3 Å². The SMILES string of the molecule is Cc1cccc(C)c1NC(=O)CN(C)C(=O)CN1CCCCCCC1. The van der Waals surface area contributed by atoms with Gasteiger partial charge in [0.25, 0.3) is 0 Å². The molecular weight excluding hydrogens is 314 g/mol. The molecule has 1 aromatic rings. The Morgan fingerprint density at radius 2 is 1.60 bits per heavy atom. The fourth-order valence-electron chi connectivity index (χ4n) is 3.28. The Morgan fingerprint density at radius 1 is 1.04 bits per heavy atom. The highest BCUT2D eigenvalue weighted by Crippen LogP contribution is 2.19. The summed E-state index contributed by atoms with van der Waals surface area (Å²) < 4.78 is 0. The molecule has 138 valence electrons. The van der Waals surface area contributed by atoms with Crippen LogP contribution in [0.5, 0.6) is 0 Å². The number of likely N-dealkylation sites (N-methyl/N-ethyl adjacent to an activating group) is 1. The Hall–Kier alpha value is -1.88. The maximum atomic E-state index is 12.4. The Kier molecular flexibility index (Phi) is 7.44. The van der Waals surface area contributed by atoms with Crippen LogP contribution in [-0.2, 0) is 9.59 Å². The first-order chi connectivity index (χ1) is 12.0. The maximum absolute atomic E-state index is 12.4. The highest BCUT2D eigenvalue weighted by Gasteiger charge is 2.18. The van der Waals surface area contributed by atoms with Crippen molar-refractivity contribution in [3.8, 4) is 0 Å². The van der Waals surface area contributed by atoms with Crippen molar-refractivity contribution in [1.82, 2.24) is 9.80 Å². The minimum atomic E-state index is -0.152. The quantitative estimate of drug-likeness (QED) is 0.893. The number of rotatable bonds is 5. The van der Waals surface area contributed by atoms with Gasteiger partial charge in [-0.1, -0.05) is 37.5 Å². The van der Waals surface area contributed by atoms with Crippen LogP contribution in [0.4, 0.5) is 5.69 Å². The van der Waals surface area contributed by atoms with Gasteiger partial charge in [0.1, 0.15) is 0 Å². The molecule has 5 heteroatoms. The first-order valence-electron chi connectivity index (χ1n) is 9.30. The molecule has 0 unspecified atom stereocenters. The third-order valence-electron chi connectivity index (χ3n) is 4.86. The van der Waals surface area contributed by atoms with Crippen LogP contribution in [0.3, 0.4) is 0 Å². The molecule has 1 aliphatic rings. The van der Waals surface area contributed by atoms with Gasteiger partial charge in [-0.25, -0.2) is 0 Å². The van der Waals surface area contributed by atoms with Gasteiger partial charge < -0.3 is 10.2 Å². The second kappa shape index (κ2) is 9.56. The summed E-state index contributed by atoms with van der Waals surface area (Å²) >= 11 is 0. The second-order valence-corrected chi connectivity index (χ2v) is 7.11. The standard InChI is InChI=1S/C20H31N3O2/c1-16-10-9-11-17(2)20(16)21-18(24)14-22(3)19(25)15-23-12-7-5-4-6-8-13-23/h9-11H,4-8,12-15H2,1-3H3,(H,21,24). The minimum Gasteiger partial charge on any atom is -0.335 e. The highest BCUT2D eigenvalue weighted by molar-refractivity contribution is 5.95. The summed E-state index contributed by atoms with van der Waals surface area (Å²) in [5, 5.41) is 2.94. The van der Waals surface area contributed by atoms with Gasteiger partial charge in [0, 0.05) is 12.7 Å². The molecule has 0 spiro atoms. The van der Waals surface area contributed by atoms with Gasteiger partial charge in [-0.05, 0) is 50.9 Å². The fourth-order valence-corrected chi connectivity index (χ4v) is 3.28. The van der Waals surface area contributed by atoms with Gasteiger partial charge in [0.15, 0.2) is 0 Å². The summed E-state index contributed by atoms with van der Waals surface area (Å²) in [5.74, 6) is -0.141. The van der Waals surface area contributed by atoms with E-state index in [2.05, 4.69) is 10.2 Å². The van der Waals surface area contributed by atoms with Crippen molar-refractivity contribution in [2.24, 2.45) is 0 Å². The Bertz CT molecular complexity index is 572. The molecule has 1 N–H and O–H groups in total. The lowest BCUT2D eigenvalue weighted by Gasteiger charge is -2.26. The lowest BCUT2D eigenvalue weighted by molar-refractivity contribution is -0.134. The van der Waals surface area contributed by atoms with E-state index in [0.717, 1.165) is 42.7 Å². The second-order valence-electron chi connectivity index (χ2n) is 7.11. The summed E-state index contributed by atoms with van der Waals surface area (Å²) in [7, 11) is 1.71. The average Bonchev–Trinajstić information content (AvgIpc) is 2.53. The summed E-state index contributed by atoms with van der Waals surface area (Å²) in [6.45, 7) is 6.40. The Balaban J connectivity index is 1.84. The highest BCUT2D eigenvalue weighted by atomic mass is 16.2. The van der Waals surface area contributed by atoms with Gasteiger partial charge in [-0.3, -0.25) is 14.5 Å². The van der Waals surface area contributed by atoms with Crippen molar-refractivity contribution < 1.29 is 9.59 Å². The number of hydrogen-bond acceptors (Lipinski definition) is 3. The van der Waals surface area contributed by atoms with Crippen molar-refractivity contribution >= 4 is 17.5 Å². The number of amides is 2. The number of para-hydroxylation sites is 1. The van der Waals surface area contributed by atoms with Crippen LogP contribution in [0.15, 0.2) is 18.2 Å². The van der Waals surface area contributed by atoms with Crippen molar-refractivity contribution in [1.29, 1.82) is 0 Å². The molecular formula is C20H31N3O2. The average molecular weight is 345 g/mol. The zero-order valence-electron chi connectivity index (χ0n) is 15.8. The molecule has 0 radical (unpaired) electrons. The topological polar surface area (TPSA) is 52.7 Å². The number of carbonyl (C=O) groups is 2. The van der Waals surface area contributed by atoms with Crippen LogP contribution in [0.1, 0.15) is 43.2 Å². The van der Waals surface area contributed by atoms with Gasteiger partial charge >= 0.3 is 0 Å². The van der Waals surface area contributed by atoms with E-state index in [0.29, 0.717) is 6.54 Å². The third-order valence-corrected chi connectivity index (χ3v) is 4.86.